The average Bonchev–Trinajstić information content (AvgIpc) is 2.42. The minimum Gasteiger partial charge on any atom is -0.480 e. The van der Waals surface area contributed by atoms with Crippen LogP contribution >= 0.6 is 11.8 Å². The fraction of sp³-hybridized carbons (Fsp3) is 0.833. The van der Waals surface area contributed by atoms with E-state index in [1.54, 1.807) is 4.90 Å². The number of thioether (sulfide) groups is 1. The molecule has 0 aromatic carbocycles. The third kappa shape index (κ3) is 5.28. The van der Waals surface area contributed by atoms with E-state index in [-0.39, 0.29) is 12.5 Å². The molecule has 0 spiro atoms. The number of ether oxygens (including phenoxy) is 1. The maximum atomic E-state index is 12.0. The van der Waals surface area contributed by atoms with Crippen molar-refractivity contribution >= 4 is 23.8 Å². The van der Waals surface area contributed by atoms with E-state index in [2.05, 4.69) is 12.2 Å². The van der Waals surface area contributed by atoms with Crippen molar-refractivity contribution in [2.45, 2.75) is 31.1 Å². The van der Waals surface area contributed by atoms with Crippen LogP contribution in [0.15, 0.2) is 0 Å². The maximum absolute atomic E-state index is 12.0. The van der Waals surface area contributed by atoms with E-state index < -0.39 is 12.0 Å². The first-order valence-corrected chi connectivity index (χ1v) is 7.52. The number of carbonyl (C=O) groups is 2. The summed E-state index contributed by atoms with van der Waals surface area (Å²) in [6, 6.07) is -1.18. The Hall–Kier alpha value is -0.950. The van der Waals surface area contributed by atoms with Crippen LogP contribution in [0.25, 0.3) is 0 Å². The number of nitrogens with zero attached hydrogens (tertiary/aromatic N) is 1. The predicted octanol–water partition coefficient (Wildman–Crippen LogP) is 1.01. The number of amides is 2. The summed E-state index contributed by atoms with van der Waals surface area (Å²) < 4.78 is 4.85. The molecule has 1 rings (SSSR count). The Balaban J connectivity index is 2.48. The molecule has 0 aromatic rings. The highest BCUT2D eigenvalue weighted by Gasteiger charge is 2.26. The first kappa shape index (κ1) is 16.1. The van der Waals surface area contributed by atoms with Crippen LogP contribution in [0.1, 0.15) is 19.8 Å². The monoisotopic (exact) mass is 290 g/mol. The van der Waals surface area contributed by atoms with Gasteiger partial charge in [-0.1, -0.05) is 6.92 Å². The normalized spacial score (nSPS) is 20.9. The van der Waals surface area contributed by atoms with Crippen LogP contribution in [0.4, 0.5) is 4.79 Å². The van der Waals surface area contributed by atoms with E-state index in [0.717, 1.165) is 12.2 Å². The van der Waals surface area contributed by atoms with Gasteiger partial charge >= 0.3 is 12.0 Å². The van der Waals surface area contributed by atoms with Gasteiger partial charge in [0.05, 0.1) is 0 Å². The number of methoxy groups -OCH3 is 1. The molecular weight excluding hydrogens is 268 g/mol. The van der Waals surface area contributed by atoms with Gasteiger partial charge in [-0.05, 0) is 6.42 Å². The number of aliphatic carboxylic acids is 1. The minimum absolute atomic E-state index is 0.275. The van der Waals surface area contributed by atoms with Crippen LogP contribution in [-0.4, -0.2) is 65.9 Å². The largest absolute Gasteiger partial charge is 0.480 e. The van der Waals surface area contributed by atoms with E-state index in [1.165, 1.54) is 7.11 Å². The highest BCUT2D eigenvalue weighted by Crippen LogP contribution is 2.21. The maximum Gasteiger partial charge on any atom is 0.326 e. The minimum atomic E-state index is -1.02. The Morgan fingerprint density at radius 1 is 1.58 bits per heavy atom. The van der Waals surface area contributed by atoms with Crippen molar-refractivity contribution in [2.24, 2.45) is 0 Å². The topological polar surface area (TPSA) is 78.9 Å². The van der Waals surface area contributed by atoms with Gasteiger partial charge in [0.1, 0.15) is 6.04 Å². The quantitative estimate of drug-likeness (QED) is 0.763. The molecule has 1 heterocycles. The van der Waals surface area contributed by atoms with Gasteiger partial charge in [-0.3, -0.25) is 0 Å². The van der Waals surface area contributed by atoms with E-state index in [4.69, 9.17) is 9.84 Å². The molecule has 0 bridgehead atoms. The van der Waals surface area contributed by atoms with Crippen molar-refractivity contribution in [3.63, 3.8) is 0 Å². The summed E-state index contributed by atoms with van der Waals surface area (Å²) in [6.07, 6.45) is 1.29. The second-order valence-corrected chi connectivity index (χ2v) is 5.88. The second kappa shape index (κ2) is 8.27. The average molecular weight is 290 g/mol. The molecule has 0 saturated carbocycles. The van der Waals surface area contributed by atoms with Crippen LogP contribution in [0, 0.1) is 0 Å². The van der Waals surface area contributed by atoms with E-state index in [9.17, 15) is 9.59 Å². The summed E-state index contributed by atoms with van der Waals surface area (Å²) >= 11 is 1.87. The summed E-state index contributed by atoms with van der Waals surface area (Å²) in [5.41, 5.74) is 0. The smallest absolute Gasteiger partial charge is 0.326 e. The lowest BCUT2D eigenvalue weighted by atomic mass is 10.2. The van der Waals surface area contributed by atoms with Crippen molar-refractivity contribution in [3.8, 4) is 0 Å². The molecule has 7 heteroatoms. The standard InChI is InChI=1S/C12H22N2O4S/c1-3-9-8-14(5-7-19-9)12(17)13-10(11(15)16)4-6-18-2/h9-10H,3-8H2,1-2H3,(H,13,17)(H,15,16). The van der Waals surface area contributed by atoms with Gasteiger partial charge in [-0.2, -0.15) is 11.8 Å². The first-order chi connectivity index (χ1) is 9.08. The highest BCUT2D eigenvalue weighted by molar-refractivity contribution is 8.00. The molecule has 1 aliphatic heterocycles. The summed E-state index contributed by atoms with van der Waals surface area (Å²) in [5.74, 6) is -0.120. The molecule has 2 unspecified atom stereocenters. The fourth-order valence-electron chi connectivity index (χ4n) is 1.88. The SMILES string of the molecule is CCC1CN(C(=O)NC(CCOC)C(=O)O)CCS1. The van der Waals surface area contributed by atoms with Crippen molar-refractivity contribution in [3.05, 3.63) is 0 Å². The molecule has 0 radical (unpaired) electrons. The summed E-state index contributed by atoms with van der Waals surface area (Å²) in [6.45, 7) is 3.76. The lowest BCUT2D eigenvalue weighted by Crippen LogP contribution is -2.51. The van der Waals surface area contributed by atoms with E-state index in [1.807, 2.05) is 11.8 Å². The molecule has 2 N–H and O–H groups in total. The molecule has 2 atom stereocenters. The Morgan fingerprint density at radius 2 is 2.32 bits per heavy atom. The lowest BCUT2D eigenvalue weighted by molar-refractivity contribution is -0.139. The highest BCUT2D eigenvalue weighted by atomic mass is 32.2. The van der Waals surface area contributed by atoms with Gasteiger partial charge in [-0.25, -0.2) is 9.59 Å². The van der Waals surface area contributed by atoms with Crippen LogP contribution in [0.5, 0.6) is 0 Å². The van der Waals surface area contributed by atoms with Gasteiger partial charge in [0, 0.05) is 44.2 Å². The molecule has 6 nitrogen and oxygen atoms in total. The number of carboxylic acid groups (broad SMARTS) is 1. The summed E-state index contributed by atoms with van der Waals surface area (Å²) in [4.78, 5) is 24.8. The lowest BCUT2D eigenvalue weighted by Gasteiger charge is -2.32. The molecular formula is C12H22N2O4S. The van der Waals surface area contributed by atoms with Crippen molar-refractivity contribution < 1.29 is 19.4 Å². The van der Waals surface area contributed by atoms with Crippen molar-refractivity contribution in [1.29, 1.82) is 0 Å². The number of carbonyl (C=O) groups excluding carboxylic acids is 1. The van der Waals surface area contributed by atoms with Crippen molar-refractivity contribution in [2.75, 3.05) is 32.6 Å². The summed E-state index contributed by atoms with van der Waals surface area (Å²) in [5, 5.41) is 12.1. The zero-order valence-corrected chi connectivity index (χ0v) is 12.2. The number of rotatable bonds is 6. The number of hydrogen-bond donors (Lipinski definition) is 2. The Kier molecular flexibility index (Phi) is 7.01. The zero-order chi connectivity index (χ0) is 14.3. The fourth-order valence-corrected chi connectivity index (χ4v) is 3.06. The van der Waals surface area contributed by atoms with Crippen LogP contribution in [0.2, 0.25) is 0 Å². The molecule has 2 amide bonds. The van der Waals surface area contributed by atoms with E-state index >= 15 is 0 Å². The molecule has 110 valence electrons. The predicted molar refractivity (Wildman–Crippen MR) is 74.6 cm³/mol. The zero-order valence-electron chi connectivity index (χ0n) is 11.4. The number of carboxylic acids is 1. The summed E-state index contributed by atoms with van der Waals surface area (Å²) in [7, 11) is 1.51. The van der Waals surface area contributed by atoms with E-state index in [0.29, 0.717) is 24.9 Å². The van der Waals surface area contributed by atoms with Crippen LogP contribution in [-0.2, 0) is 9.53 Å². The van der Waals surface area contributed by atoms with Crippen molar-refractivity contribution in [1.82, 2.24) is 10.2 Å². The third-order valence-corrected chi connectivity index (χ3v) is 4.46. The number of nitrogens with one attached hydrogen (secondary N) is 1. The van der Waals surface area contributed by atoms with Gasteiger partial charge in [0.2, 0.25) is 0 Å². The van der Waals surface area contributed by atoms with Gasteiger partial charge < -0.3 is 20.1 Å². The second-order valence-electron chi connectivity index (χ2n) is 4.47. The Bertz CT molecular complexity index is 314. The third-order valence-electron chi connectivity index (χ3n) is 3.09. The Labute approximate surface area is 117 Å². The van der Waals surface area contributed by atoms with Gasteiger partial charge in [-0.15, -0.1) is 0 Å². The molecule has 19 heavy (non-hydrogen) atoms. The molecule has 1 aliphatic rings. The molecule has 0 aliphatic carbocycles. The Morgan fingerprint density at radius 3 is 2.89 bits per heavy atom. The molecule has 1 saturated heterocycles. The van der Waals surface area contributed by atoms with Crippen LogP contribution in [0.3, 0.4) is 0 Å². The molecule has 0 aromatic heterocycles. The number of hydrogen-bond acceptors (Lipinski definition) is 4. The van der Waals surface area contributed by atoms with Crippen LogP contribution < -0.4 is 5.32 Å². The van der Waals surface area contributed by atoms with Gasteiger partial charge in [0.15, 0.2) is 0 Å². The number of urea groups is 1. The first-order valence-electron chi connectivity index (χ1n) is 6.47. The molecule has 1 fully saturated rings. The van der Waals surface area contributed by atoms with Gasteiger partial charge in [0.25, 0.3) is 0 Å².